The van der Waals surface area contributed by atoms with Gasteiger partial charge in [-0.2, -0.15) is 0 Å². The molecule has 3 heterocycles. The maximum atomic E-state index is 12.9. The number of rotatable bonds is 4. The van der Waals surface area contributed by atoms with Crippen LogP contribution in [-0.2, 0) is 6.54 Å². The topological polar surface area (TPSA) is 38.1 Å². The van der Waals surface area contributed by atoms with Gasteiger partial charge in [0, 0.05) is 48.2 Å². The van der Waals surface area contributed by atoms with Crippen LogP contribution in [0.2, 0.25) is 0 Å². The van der Waals surface area contributed by atoms with E-state index in [1.54, 1.807) is 11.3 Å². The lowest BCUT2D eigenvalue weighted by Gasteiger charge is -2.32. The van der Waals surface area contributed by atoms with Crippen LogP contribution < -0.4 is 0 Å². The number of carbonyl (C=O) groups is 1. The van der Waals surface area contributed by atoms with E-state index in [0.29, 0.717) is 5.92 Å². The maximum absolute atomic E-state index is 12.9. The lowest BCUT2D eigenvalue weighted by Crippen LogP contribution is -2.38. The van der Waals surface area contributed by atoms with Crippen LogP contribution in [0.25, 0.3) is 10.1 Å². The molecule has 0 spiro atoms. The predicted octanol–water partition coefficient (Wildman–Crippen LogP) is 4.53. The van der Waals surface area contributed by atoms with Crippen molar-refractivity contribution in [1.29, 1.82) is 0 Å². The average molecular weight is 366 g/mol. The van der Waals surface area contributed by atoms with Gasteiger partial charge in [-0.3, -0.25) is 4.79 Å². The van der Waals surface area contributed by atoms with Crippen LogP contribution in [0.3, 0.4) is 0 Å². The van der Waals surface area contributed by atoms with Gasteiger partial charge < -0.3 is 9.47 Å². The number of likely N-dealkylation sites (tertiary alicyclic amines) is 1. The van der Waals surface area contributed by atoms with Crippen molar-refractivity contribution in [3.63, 3.8) is 0 Å². The molecule has 2 aromatic heterocycles. The molecule has 2 fully saturated rings. The standard InChI is InChI=1S/C21H23N3OS/c25-21(18-3-4-19-17(13-18)7-12-26-19)23-9-5-16(6-10-23)20-22-8-11-24(20)14-15-1-2-15/h3-4,7-8,11-13,15-16H,1-2,5-6,9-10,14H2. The highest BCUT2D eigenvalue weighted by atomic mass is 32.1. The number of amides is 1. The average Bonchev–Trinajstić information content (AvgIpc) is 3.17. The Kier molecular flexibility index (Phi) is 4.04. The number of hydrogen-bond donors (Lipinski definition) is 0. The number of benzene rings is 1. The summed E-state index contributed by atoms with van der Waals surface area (Å²) in [7, 11) is 0. The molecule has 0 unspecified atom stereocenters. The Morgan fingerprint density at radius 3 is 2.81 bits per heavy atom. The normalized spacial score (nSPS) is 18.5. The molecule has 0 N–H and O–H groups in total. The van der Waals surface area contributed by atoms with E-state index >= 15 is 0 Å². The zero-order chi connectivity index (χ0) is 17.5. The van der Waals surface area contributed by atoms with Crippen molar-refractivity contribution < 1.29 is 4.79 Å². The molecule has 1 aromatic carbocycles. The van der Waals surface area contributed by atoms with Gasteiger partial charge >= 0.3 is 0 Å². The molecule has 1 saturated heterocycles. The number of nitrogens with zero attached hydrogens (tertiary/aromatic N) is 3. The number of imidazole rings is 1. The molecule has 0 bridgehead atoms. The van der Waals surface area contributed by atoms with E-state index in [1.807, 2.05) is 23.2 Å². The third kappa shape index (κ3) is 3.05. The number of carbonyl (C=O) groups excluding carboxylic acids is 1. The predicted molar refractivity (Wildman–Crippen MR) is 105 cm³/mol. The Hall–Kier alpha value is -2.14. The summed E-state index contributed by atoms with van der Waals surface area (Å²) in [6.45, 7) is 2.76. The Morgan fingerprint density at radius 1 is 1.15 bits per heavy atom. The summed E-state index contributed by atoms with van der Waals surface area (Å²) in [6, 6.07) is 8.15. The molecule has 26 heavy (non-hydrogen) atoms. The third-order valence-corrected chi connectivity index (χ3v) is 6.64. The first-order valence-corrected chi connectivity index (χ1v) is 10.4. The van der Waals surface area contributed by atoms with Crippen molar-refractivity contribution in [2.75, 3.05) is 13.1 Å². The van der Waals surface area contributed by atoms with Crippen LogP contribution in [0.4, 0.5) is 0 Å². The Balaban J connectivity index is 1.26. The molecule has 0 radical (unpaired) electrons. The minimum atomic E-state index is 0.165. The number of aromatic nitrogens is 2. The highest BCUT2D eigenvalue weighted by Gasteiger charge is 2.29. The number of hydrogen-bond acceptors (Lipinski definition) is 3. The Labute approximate surface area is 157 Å². The summed E-state index contributed by atoms with van der Waals surface area (Å²) in [5.74, 6) is 2.73. The van der Waals surface area contributed by atoms with Gasteiger partial charge in [0.25, 0.3) is 5.91 Å². The molecule has 5 rings (SSSR count). The van der Waals surface area contributed by atoms with Gasteiger partial charge in [0.1, 0.15) is 5.82 Å². The first-order valence-electron chi connectivity index (χ1n) is 9.55. The van der Waals surface area contributed by atoms with E-state index < -0.39 is 0 Å². The molecular weight excluding hydrogens is 342 g/mol. The van der Waals surface area contributed by atoms with Gasteiger partial charge in [0.15, 0.2) is 0 Å². The minimum Gasteiger partial charge on any atom is -0.339 e. The fourth-order valence-corrected chi connectivity index (χ4v) is 4.81. The molecule has 134 valence electrons. The van der Waals surface area contributed by atoms with Crippen molar-refractivity contribution in [2.45, 2.75) is 38.1 Å². The molecule has 1 amide bonds. The number of fused-ring (bicyclic) bond motifs is 1. The van der Waals surface area contributed by atoms with Gasteiger partial charge in [-0.25, -0.2) is 4.98 Å². The molecule has 5 heteroatoms. The zero-order valence-electron chi connectivity index (χ0n) is 14.8. The molecule has 2 aliphatic rings. The van der Waals surface area contributed by atoms with E-state index in [1.165, 1.54) is 23.4 Å². The van der Waals surface area contributed by atoms with Crippen molar-refractivity contribution in [2.24, 2.45) is 5.92 Å². The fraction of sp³-hybridized carbons (Fsp3) is 0.429. The van der Waals surface area contributed by atoms with E-state index in [-0.39, 0.29) is 5.91 Å². The summed E-state index contributed by atoms with van der Waals surface area (Å²) < 4.78 is 3.59. The van der Waals surface area contributed by atoms with Gasteiger partial charge in [-0.1, -0.05) is 0 Å². The fourth-order valence-electron chi connectivity index (χ4n) is 4.04. The second-order valence-corrected chi connectivity index (χ2v) is 8.57. The van der Waals surface area contributed by atoms with Crippen LogP contribution in [0, 0.1) is 5.92 Å². The largest absolute Gasteiger partial charge is 0.339 e. The maximum Gasteiger partial charge on any atom is 0.253 e. The first-order chi connectivity index (χ1) is 12.8. The monoisotopic (exact) mass is 365 g/mol. The SMILES string of the molecule is O=C(c1ccc2sccc2c1)N1CCC(c2nccn2CC2CC2)CC1. The molecule has 1 aliphatic heterocycles. The molecule has 1 saturated carbocycles. The van der Waals surface area contributed by atoms with E-state index in [0.717, 1.165) is 49.3 Å². The molecule has 0 atom stereocenters. The van der Waals surface area contributed by atoms with Gasteiger partial charge in [-0.15, -0.1) is 11.3 Å². The minimum absolute atomic E-state index is 0.165. The second-order valence-electron chi connectivity index (χ2n) is 7.62. The van der Waals surface area contributed by atoms with E-state index in [4.69, 9.17) is 0 Å². The van der Waals surface area contributed by atoms with Crippen molar-refractivity contribution in [3.05, 3.63) is 53.4 Å². The Bertz CT molecular complexity index is 932. The van der Waals surface area contributed by atoms with Crippen LogP contribution in [0.15, 0.2) is 42.0 Å². The van der Waals surface area contributed by atoms with E-state index in [2.05, 4.69) is 33.3 Å². The van der Waals surface area contributed by atoms with Crippen LogP contribution in [0.1, 0.15) is 47.8 Å². The van der Waals surface area contributed by atoms with Crippen molar-refractivity contribution >= 4 is 27.3 Å². The molecular formula is C21H23N3OS. The Morgan fingerprint density at radius 2 is 2.00 bits per heavy atom. The van der Waals surface area contributed by atoms with Crippen LogP contribution in [-0.4, -0.2) is 33.4 Å². The van der Waals surface area contributed by atoms with Crippen molar-refractivity contribution in [3.8, 4) is 0 Å². The smallest absolute Gasteiger partial charge is 0.253 e. The summed E-state index contributed by atoms with van der Waals surface area (Å²) in [4.78, 5) is 19.5. The van der Waals surface area contributed by atoms with Crippen LogP contribution >= 0.6 is 11.3 Å². The summed E-state index contributed by atoms with van der Waals surface area (Å²) in [5.41, 5.74) is 0.810. The van der Waals surface area contributed by atoms with E-state index in [9.17, 15) is 4.79 Å². The van der Waals surface area contributed by atoms with Gasteiger partial charge in [0.05, 0.1) is 0 Å². The number of piperidine rings is 1. The highest BCUT2D eigenvalue weighted by molar-refractivity contribution is 7.17. The summed E-state index contributed by atoms with van der Waals surface area (Å²) >= 11 is 1.72. The van der Waals surface area contributed by atoms with Gasteiger partial charge in [-0.05, 0) is 66.6 Å². The van der Waals surface area contributed by atoms with Crippen molar-refractivity contribution in [1.82, 2.24) is 14.5 Å². The highest BCUT2D eigenvalue weighted by Crippen LogP contribution is 2.33. The summed E-state index contributed by atoms with van der Waals surface area (Å²) in [6.07, 6.45) is 8.80. The quantitative estimate of drug-likeness (QED) is 0.681. The zero-order valence-corrected chi connectivity index (χ0v) is 15.6. The lowest BCUT2D eigenvalue weighted by molar-refractivity contribution is 0.0710. The first kappa shape index (κ1) is 16.1. The second kappa shape index (κ2) is 6.54. The summed E-state index contributed by atoms with van der Waals surface area (Å²) in [5, 5.41) is 3.24. The van der Waals surface area contributed by atoms with Crippen LogP contribution in [0.5, 0.6) is 0 Å². The molecule has 4 nitrogen and oxygen atoms in total. The number of thiophene rings is 1. The molecule has 1 aliphatic carbocycles. The molecule has 3 aromatic rings. The van der Waals surface area contributed by atoms with Gasteiger partial charge in [0.2, 0.25) is 0 Å². The third-order valence-electron chi connectivity index (χ3n) is 5.75. The lowest BCUT2D eigenvalue weighted by atomic mass is 9.95.